The van der Waals surface area contributed by atoms with Crippen LogP contribution in [0.1, 0.15) is 47.6 Å². The van der Waals surface area contributed by atoms with E-state index in [0.29, 0.717) is 0 Å². The van der Waals surface area contributed by atoms with Gasteiger partial charge in [0.1, 0.15) is 0 Å². The zero-order valence-electron chi connectivity index (χ0n) is 10.4. The Hall–Kier alpha value is -0.690. The molecule has 1 heteroatoms. The van der Waals surface area contributed by atoms with Crippen LogP contribution in [-0.4, -0.2) is 4.86 Å². The van der Waals surface area contributed by atoms with Crippen LogP contribution in [0.4, 0.5) is 0 Å². The summed E-state index contributed by atoms with van der Waals surface area (Å²) in [4.78, 5) is 1.11. The molecule has 0 aliphatic rings. The van der Waals surface area contributed by atoms with Gasteiger partial charge < -0.3 is 0 Å². The molecule has 0 aromatic heterocycles. The molecule has 0 atom stereocenters. The molecule has 0 fully saturated rings. The van der Waals surface area contributed by atoms with Gasteiger partial charge in [0, 0.05) is 4.86 Å². The largest absolute Gasteiger partial charge is 0.0843 e. The summed E-state index contributed by atoms with van der Waals surface area (Å²) in [5, 5.41) is 0. The Morgan fingerprint density at radius 3 is 2.20 bits per heavy atom. The molecule has 0 saturated carbocycles. The lowest BCUT2D eigenvalue weighted by molar-refractivity contribution is 1.00. The number of thiocarbonyl (C=S) groups is 1. The van der Waals surface area contributed by atoms with Crippen molar-refractivity contribution in [1.82, 2.24) is 0 Å². The Morgan fingerprint density at radius 2 is 1.67 bits per heavy atom. The molecule has 0 radical (unpaired) electrons. The predicted octanol–water partition coefficient (Wildman–Crippen LogP) is 4.44. The molecule has 82 valence electrons. The lowest BCUT2D eigenvalue weighted by Gasteiger charge is -2.14. The average molecular weight is 220 g/mol. The maximum atomic E-state index is 5.47. The molecule has 0 unspecified atom stereocenters. The average Bonchev–Trinajstić information content (AvgIpc) is 2.20. The van der Waals surface area contributed by atoms with E-state index in [1.54, 1.807) is 0 Å². The highest BCUT2D eigenvalue weighted by atomic mass is 32.1. The van der Waals surface area contributed by atoms with Gasteiger partial charge in [-0.1, -0.05) is 31.6 Å². The Labute approximate surface area is 98.7 Å². The van der Waals surface area contributed by atoms with Crippen molar-refractivity contribution in [2.75, 3.05) is 0 Å². The van der Waals surface area contributed by atoms with Crippen molar-refractivity contribution in [2.24, 2.45) is 0 Å². The van der Waals surface area contributed by atoms with Crippen molar-refractivity contribution < 1.29 is 0 Å². The lowest BCUT2D eigenvalue weighted by Crippen LogP contribution is -2.04. The van der Waals surface area contributed by atoms with E-state index in [9.17, 15) is 0 Å². The minimum Gasteiger partial charge on any atom is -0.0843 e. The van der Waals surface area contributed by atoms with Gasteiger partial charge in [-0.05, 0) is 61.9 Å². The van der Waals surface area contributed by atoms with Crippen molar-refractivity contribution in [1.29, 1.82) is 0 Å². The van der Waals surface area contributed by atoms with E-state index in [1.165, 1.54) is 27.8 Å². The molecule has 0 aliphatic heterocycles. The molecule has 0 amide bonds. The van der Waals surface area contributed by atoms with Crippen molar-refractivity contribution in [2.45, 2.75) is 47.5 Å². The second kappa shape index (κ2) is 4.89. The predicted molar refractivity (Wildman–Crippen MR) is 72.0 cm³/mol. The first kappa shape index (κ1) is 12.4. The van der Waals surface area contributed by atoms with Gasteiger partial charge in [0.05, 0.1) is 0 Å². The topological polar surface area (TPSA) is 0 Å². The first-order valence-electron chi connectivity index (χ1n) is 5.59. The highest BCUT2D eigenvalue weighted by Crippen LogP contribution is 2.23. The maximum absolute atomic E-state index is 5.47. The van der Waals surface area contributed by atoms with Crippen LogP contribution >= 0.6 is 12.2 Å². The highest BCUT2D eigenvalue weighted by molar-refractivity contribution is 7.80. The van der Waals surface area contributed by atoms with E-state index < -0.39 is 0 Å². The molecule has 15 heavy (non-hydrogen) atoms. The summed E-state index contributed by atoms with van der Waals surface area (Å²) < 4.78 is 0. The van der Waals surface area contributed by atoms with Crippen LogP contribution in [-0.2, 0) is 0 Å². The SMILES string of the molecule is CCCC(=S)c1cc(C)c(C)c(C)c1C. The normalized spacial score (nSPS) is 10.5. The fraction of sp³-hybridized carbons (Fsp3) is 0.500. The van der Waals surface area contributed by atoms with E-state index in [1.807, 2.05) is 0 Å². The third-order valence-corrected chi connectivity index (χ3v) is 3.68. The van der Waals surface area contributed by atoms with Gasteiger partial charge in [0.25, 0.3) is 0 Å². The van der Waals surface area contributed by atoms with Crippen molar-refractivity contribution >= 4 is 17.1 Å². The van der Waals surface area contributed by atoms with E-state index in [0.717, 1.165) is 17.7 Å². The zero-order chi connectivity index (χ0) is 11.6. The van der Waals surface area contributed by atoms with Crippen LogP contribution in [0.3, 0.4) is 0 Å². The van der Waals surface area contributed by atoms with Crippen LogP contribution in [0, 0.1) is 27.7 Å². The van der Waals surface area contributed by atoms with Gasteiger partial charge >= 0.3 is 0 Å². The quantitative estimate of drug-likeness (QED) is 0.536. The molecule has 1 rings (SSSR count). The molecule has 0 bridgehead atoms. The van der Waals surface area contributed by atoms with Gasteiger partial charge in [-0.15, -0.1) is 0 Å². The second-order valence-corrected chi connectivity index (χ2v) is 4.78. The Balaban J connectivity index is 3.26. The van der Waals surface area contributed by atoms with Gasteiger partial charge in [0.2, 0.25) is 0 Å². The number of hydrogen-bond acceptors (Lipinski definition) is 1. The summed E-state index contributed by atoms with van der Waals surface area (Å²) in [5.41, 5.74) is 6.79. The third-order valence-electron chi connectivity index (χ3n) is 3.26. The van der Waals surface area contributed by atoms with E-state index in [4.69, 9.17) is 12.2 Å². The van der Waals surface area contributed by atoms with Crippen LogP contribution in [0.15, 0.2) is 6.07 Å². The molecule has 1 aromatic carbocycles. The molecule has 1 aromatic rings. The van der Waals surface area contributed by atoms with E-state index in [-0.39, 0.29) is 0 Å². The summed E-state index contributed by atoms with van der Waals surface area (Å²) in [5.74, 6) is 0. The third kappa shape index (κ3) is 2.46. The molecule has 0 heterocycles. The van der Waals surface area contributed by atoms with Gasteiger partial charge in [-0.25, -0.2) is 0 Å². The van der Waals surface area contributed by atoms with Gasteiger partial charge in [-0.3, -0.25) is 0 Å². The zero-order valence-corrected chi connectivity index (χ0v) is 11.2. The number of aryl methyl sites for hydroxylation is 1. The molecule has 0 nitrogen and oxygen atoms in total. The standard InChI is InChI=1S/C14H20S/c1-6-7-14(15)13-8-9(2)10(3)11(4)12(13)5/h8H,6-7H2,1-5H3. The smallest absolute Gasteiger partial charge is 0.0227 e. The minimum absolute atomic E-state index is 1.03. The fourth-order valence-electron chi connectivity index (χ4n) is 1.86. The van der Waals surface area contributed by atoms with Crippen LogP contribution in [0.2, 0.25) is 0 Å². The van der Waals surface area contributed by atoms with Gasteiger partial charge in [-0.2, -0.15) is 0 Å². The molecular weight excluding hydrogens is 200 g/mol. The first-order valence-corrected chi connectivity index (χ1v) is 6.00. The highest BCUT2D eigenvalue weighted by Gasteiger charge is 2.09. The van der Waals surface area contributed by atoms with Crippen molar-refractivity contribution in [3.8, 4) is 0 Å². The van der Waals surface area contributed by atoms with Crippen molar-refractivity contribution in [3.05, 3.63) is 33.9 Å². The van der Waals surface area contributed by atoms with Crippen LogP contribution < -0.4 is 0 Å². The number of hydrogen-bond donors (Lipinski definition) is 0. The monoisotopic (exact) mass is 220 g/mol. The Morgan fingerprint density at radius 1 is 1.07 bits per heavy atom. The maximum Gasteiger partial charge on any atom is 0.0227 e. The lowest BCUT2D eigenvalue weighted by atomic mass is 9.92. The number of rotatable bonds is 3. The molecule has 0 saturated heterocycles. The van der Waals surface area contributed by atoms with Crippen LogP contribution in [0.25, 0.3) is 0 Å². The summed E-state index contributed by atoms with van der Waals surface area (Å²) in [7, 11) is 0. The Bertz CT molecular complexity index is 389. The number of benzene rings is 1. The Kier molecular flexibility index (Phi) is 4.04. The molecule has 0 aliphatic carbocycles. The van der Waals surface area contributed by atoms with Gasteiger partial charge in [0.15, 0.2) is 0 Å². The molecular formula is C14H20S. The van der Waals surface area contributed by atoms with E-state index >= 15 is 0 Å². The summed E-state index contributed by atoms with van der Waals surface area (Å²) in [6.07, 6.45) is 2.16. The summed E-state index contributed by atoms with van der Waals surface area (Å²) in [6, 6.07) is 2.25. The first-order chi connectivity index (χ1) is 6.99. The summed E-state index contributed by atoms with van der Waals surface area (Å²) >= 11 is 5.47. The van der Waals surface area contributed by atoms with Crippen molar-refractivity contribution in [3.63, 3.8) is 0 Å². The van der Waals surface area contributed by atoms with E-state index in [2.05, 4.69) is 40.7 Å². The van der Waals surface area contributed by atoms with Crippen LogP contribution in [0.5, 0.6) is 0 Å². The molecule has 0 N–H and O–H groups in total. The minimum atomic E-state index is 1.03. The summed E-state index contributed by atoms with van der Waals surface area (Å²) in [6.45, 7) is 10.9. The molecule has 0 spiro atoms. The second-order valence-electron chi connectivity index (χ2n) is 4.29. The fourth-order valence-corrected chi connectivity index (χ4v) is 2.28.